The molecule has 2 fully saturated rings. The fourth-order valence-electron chi connectivity index (χ4n) is 2.96. The van der Waals surface area contributed by atoms with Crippen molar-refractivity contribution >= 4 is 5.97 Å². The van der Waals surface area contributed by atoms with Crippen LogP contribution in [-0.2, 0) is 28.5 Å². The van der Waals surface area contributed by atoms with Gasteiger partial charge in [-0.3, -0.25) is 4.79 Å². The van der Waals surface area contributed by atoms with Crippen molar-refractivity contribution in [2.24, 2.45) is 0 Å². The zero-order chi connectivity index (χ0) is 17.8. The molecule has 25 heavy (non-hydrogen) atoms. The lowest BCUT2D eigenvalue weighted by molar-refractivity contribution is -0.360. The Morgan fingerprint density at radius 1 is 1.36 bits per heavy atom. The van der Waals surface area contributed by atoms with E-state index >= 15 is 0 Å². The largest absolute Gasteiger partial charge is 0.454 e. The van der Waals surface area contributed by atoms with Crippen LogP contribution in [0.25, 0.3) is 0 Å². The summed E-state index contributed by atoms with van der Waals surface area (Å²) in [5.74, 6) is -0.537. The average molecular weight is 350 g/mol. The molecule has 0 aliphatic carbocycles. The SMILES string of the molecule is C=CCO[C@H]1OC2COC(c3ccccc3)O[C@H]2C(O)C1OC(C)=O. The minimum absolute atomic E-state index is 0.195. The number of aliphatic hydroxyl groups excluding tert-OH is 1. The summed E-state index contributed by atoms with van der Waals surface area (Å²) in [5, 5.41) is 10.7. The van der Waals surface area contributed by atoms with E-state index in [1.165, 1.54) is 6.92 Å². The van der Waals surface area contributed by atoms with Gasteiger partial charge in [0.25, 0.3) is 0 Å². The van der Waals surface area contributed by atoms with Crippen molar-refractivity contribution in [1.82, 2.24) is 0 Å². The van der Waals surface area contributed by atoms with Crippen LogP contribution in [0.1, 0.15) is 18.8 Å². The molecule has 2 aliphatic heterocycles. The van der Waals surface area contributed by atoms with E-state index in [2.05, 4.69) is 6.58 Å². The van der Waals surface area contributed by atoms with Crippen molar-refractivity contribution < 1.29 is 33.6 Å². The zero-order valence-electron chi connectivity index (χ0n) is 13.9. The first-order valence-corrected chi connectivity index (χ1v) is 8.15. The number of benzene rings is 1. The Balaban J connectivity index is 1.75. The number of hydrogen-bond donors (Lipinski definition) is 1. The second-order valence-corrected chi connectivity index (χ2v) is 5.91. The highest BCUT2D eigenvalue weighted by Gasteiger charge is 2.51. The predicted octanol–water partition coefficient (Wildman–Crippen LogP) is 1.32. The third-order valence-corrected chi connectivity index (χ3v) is 4.06. The van der Waals surface area contributed by atoms with Crippen LogP contribution in [0, 0.1) is 0 Å². The molecule has 0 spiro atoms. The highest BCUT2D eigenvalue weighted by Crippen LogP contribution is 2.35. The number of ether oxygens (including phenoxy) is 5. The predicted molar refractivity (Wildman–Crippen MR) is 86.4 cm³/mol. The van der Waals surface area contributed by atoms with Gasteiger partial charge in [0.05, 0.1) is 13.2 Å². The van der Waals surface area contributed by atoms with E-state index in [1.807, 2.05) is 30.3 Å². The Bertz CT molecular complexity index is 590. The lowest BCUT2D eigenvalue weighted by atomic mass is 9.97. The molecule has 7 heteroatoms. The summed E-state index contributed by atoms with van der Waals surface area (Å²) in [6.07, 6.45) is -3.32. The van der Waals surface area contributed by atoms with Gasteiger partial charge in [0.1, 0.15) is 18.3 Å². The molecular formula is C18H22O7. The van der Waals surface area contributed by atoms with Crippen LogP contribution >= 0.6 is 0 Å². The monoisotopic (exact) mass is 350 g/mol. The molecule has 6 atom stereocenters. The highest BCUT2D eigenvalue weighted by molar-refractivity contribution is 5.66. The molecule has 2 saturated heterocycles. The fraction of sp³-hybridized carbons (Fsp3) is 0.500. The molecule has 0 aromatic heterocycles. The molecule has 1 N–H and O–H groups in total. The van der Waals surface area contributed by atoms with Crippen LogP contribution in [0.3, 0.4) is 0 Å². The summed E-state index contributed by atoms with van der Waals surface area (Å²) in [7, 11) is 0. The Morgan fingerprint density at radius 2 is 2.12 bits per heavy atom. The van der Waals surface area contributed by atoms with Gasteiger partial charge in [-0.15, -0.1) is 6.58 Å². The minimum atomic E-state index is -1.10. The summed E-state index contributed by atoms with van der Waals surface area (Å²) in [4.78, 5) is 11.4. The highest BCUT2D eigenvalue weighted by atomic mass is 16.8. The number of carbonyl (C=O) groups excluding carboxylic acids is 1. The van der Waals surface area contributed by atoms with E-state index in [1.54, 1.807) is 6.08 Å². The topological polar surface area (TPSA) is 83.5 Å². The third kappa shape index (κ3) is 4.08. The smallest absolute Gasteiger partial charge is 0.303 e. The van der Waals surface area contributed by atoms with Gasteiger partial charge in [-0.05, 0) is 0 Å². The third-order valence-electron chi connectivity index (χ3n) is 4.06. The Labute approximate surface area is 146 Å². The van der Waals surface area contributed by atoms with Crippen LogP contribution in [-0.4, -0.2) is 55.0 Å². The molecule has 1 aromatic rings. The van der Waals surface area contributed by atoms with E-state index in [-0.39, 0.29) is 13.2 Å². The summed E-state index contributed by atoms with van der Waals surface area (Å²) in [6, 6.07) is 9.40. The summed E-state index contributed by atoms with van der Waals surface area (Å²) < 4.78 is 28.1. The standard InChI is InChI=1S/C18H22O7/c1-3-9-21-18-16(23-11(2)19)14(20)15-13(24-18)10-22-17(25-15)12-7-5-4-6-8-12/h3-8,13-18,20H,1,9-10H2,2H3/t13?,14?,15-,16?,17?,18+/m1/s1. The second kappa shape index (κ2) is 8.07. The van der Waals surface area contributed by atoms with Gasteiger partial charge in [-0.1, -0.05) is 36.4 Å². The van der Waals surface area contributed by atoms with Gasteiger partial charge in [0, 0.05) is 12.5 Å². The van der Waals surface area contributed by atoms with Crippen molar-refractivity contribution in [2.75, 3.05) is 13.2 Å². The van der Waals surface area contributed by atoms with Gasteiger partial charge in [-0.25, -0.2) is 0 Å². The molecule has 2 heterocycles. The lowest BCUT2D eigenvalue weighted by Crippen LogP contribution is -2.63. The molecule has 3 rings (SSSR count). The average Bonchev–Trinajstić information content (AvgIpc) is 2.63. The van der Waals surface area contributed by atoms with E-state index in [0.29, 0.717) is 0 Å². The van der Waals surface area contributed by atoms with Gasteiger partial charge >= 0.3 is 5.97 Å². The summed E-state index contributed by atoms with van der Waals surface area (Å²) in [6.45, 7) is 5.26. The molecule has 1 aromatic carbocycles. The Morgan fingerprint density at radius 3 is 2.80 bits per heavy atom. The molecule has 136 valence electrons. The number of hydrogen-bond acceptors (Lipinski definition) is 7. The molecule has 0 bridgehead atoms. The van der Waals surface area contributed by atoms with E-state index in [0.717, 1.165) is 5.56 Å². The van der Waals surface area contributed by atoms with Crippen LogP contribution in [0.4, 0.5) is 0 Å². The van der Waals surface area contributed by atoms with Crippen molar-refractivity contribution in [3.05, 3.63) is 48.6 Å². The number of aliphatic hydroxyl groups is 1. The maximum atomic E-state index is 11.4. The van der Waals surface area contributed by atoms with Gasteiger partial charge in [-0.2, -0.15) is 0 Å². The normalized spacial score (nSPS) is 34.8. The lowest BCUT2D eigenvalue weighted by Gasteiger charge is -2.47. The summed E-state index contributed by atoms with van der Waals surface area (Å²) in [5.41, 5.74) is 0.835. The van der Waals surface area contributed by atoms with Crippen LogP contribution in [0.15, 0.2) is 43.0 Å². The molecule has 2 aliphatic rings. The molecular weight excluding hydrogens is 328 g/mol. The fourth-order valence-corrected chi connectivity index (χ4v) is 2.96. The molecule has 7 nitrogen and oxygen atoms in total. The molecule has 0 radical (unpaired) electrons. The zero-order valence-corrected chi connectivity index (χ0v) is 13.9. The van der Waals surface area contributed by atoms with E-state index in [4.69, 9.17) is 23.7 Å². The molecule has 0 saturated carbocycles. The quantitative estimate of drug-likeness (QED) is 0.633. The number of fused-ring (bicyclic) bond motifs is 1. The maximum Gasteiger partial charge on any atom is 0.303 e. The van der Waals surface area contributed by atoms with Crippen molar-refractivity contribution in [3.63, 3.8) is 0 Å². The minimum Gasteiger partial charge on any atom is -0.454 e. The van der Waals surface area contributed by atoms with Crippen LogP contribution < -0.4 is 0 Å². The first kappa shape index (κ1) is 18.0. The van der Waals surface area contributed by atoms with Crippen LogP contribution in [0.5, 0.6) is 0 Å². The van der Waals surface area contributed by atoms with Crippen molar-refractivity contribution in [1.29, 1.82) is 0 Å². The second-order valence-electron chi connectivity index (χ2n) is 5.91. The summed E-state index contributed by atoms with van der Waals surface area (Å²) >= 11 is 0. The number of esters is 1. The van der Waals surface area contributed by atoms with Crippen molar-refractivity contribution in [2.45, 2.75) is 43.9 Å². The van der Waals surface area contributed by atoms with Crippen LogP contribution in [0.2, 0.25) is 0 Å². The number of carbonyl (C=O) groups is 1. The Kier molecular flexibility index (Phi) is 5.82. The number of rotatable bonds is 5. The van der Waals surface area contributed by atoms with E-state index in [9.17, 15) is 9.90 Å². The first-order chi connectivity index (χ1) is 12.1. The van der Waals surface area contributed by atoms with Gasteiger partial charge in [0.15, 0.2) is 18.7 Å². The van der Waals surface area contributed by atoms with E-state index < -0.39 is 43.0 Å². The van der Waals surface area contributed by atoms with Gasteiger partial charge < -0.3 is 28.8 Å². The van der Waals surface area contributed by atoms with Gasteiger partial charge in [0.2, 0.25) is 0 Å². The first-order valence-electron chi connectivity index (χ1n) is 8.15. The molecule has 4 unspecified atom stereocenters. The molecule has 0 amide bonds. The van der Waals surface area contributed by atoms with Crippen molar-refractivity contribution in [3.8, 4) is 0 Å². The Hall–Kier alpha value is -1.77. The maximum absolute atomic E-state index is 11.4.